The number of halogens is 2. The summed E-state index contributed by atoms with van der Waals surface area (Å²) in [4.78, 5) is 13.3. The Balaban J connectivity index is 2.87. The number of alkyl halides is 1. The lowest BCUT2D eigenvalue weighted by atomic mass is 10.2. The van der Waals surface area contributed by atoms with Crippen molar-refractivity contribution in [3.8, 4) is 5.75 Å². The minimum absolute atomic E-state index is 0.103. The highest BCUT2D eigenvalue weighted by Gasteiger charge is 2.16. The molecule has 1 atom stereocenters. The molecule has 0 spiro atoms. The van der Waals surface area contributed by atoms with Crippen molar-refractivity contribution in [3.05, 3.63) is 28.2 Å². The zero-order valence-corrected chi connectivity index (χ0v) is 12.4. The fourth-order valence-electron chi connectivity index (χ4n) is 1.51. The Labute approximate surface area is 115 Å². The second kappa shape index (κ2) is 6.26. The summed E-state index contributed by atoms with van der Waals surface area (Å²) in [5, 5.41) is -0.516. The van der Waals surface area contributed by atoms with Crippen molar-refractivity contribution in [2.24, 2.45) is 0 Å². The number of carbonyl (C=O) groups excluding carboxylic acids is 1. The fraction of sp³-hybridized carbons (Fsp3) is 0.417. The maximum absolute atomic E-state index is 11.7. The highest BCUT2D eigenvalue weighted by atomic mass is 79.9. The third kappa shape index (κ3) is 3.89. The average molecular weight is 321 g/mol. The number of amides is 1. The van der Waals surface area contributed by atoms with E-state index in [0.717, 1.165) is 15.8 Å². The summed E-state index contributed by atoms with van der Waals surface area (Å²) in [7, 11) is 3.33. The molecular weight excluding hydrogens is 305 g/mol. The second-order valence-electron chi connectivity index (χ2n) is 3.77. The number of benzene rings is 1. The van der Waals surface area contributed by atoms with Crippen LogP contribution in [0.5, 0.6) is 5.75 Å². The van der Waals surface area contributed by atoms with Gasteiger partial charge in [0, 0.05) is 23.6 Å². The van der Waals surface area contributed by atoms with Crippen LogP contribution in [0.25, 0.3) is 0 Å². The summed E-state index contributed by atoms with van der Waals surface area (Å²) in [6.45, 7) is 2.14. The lowest BCUT2D eigenvalue weighted by Gasteiger charge is -2.20. The van der Waals surface area contributed by atoms with Crippen LogP contribution in [0, 0.1) is 0 Å². The molecule has 1 rings (SSSR count). The summed E-state index contributed by atoms with van der Waals surface area (Å²) in [6, 6.07) is 5.69. The standard InChI is InChI=1S/C12H15BrClNO2/c1-8(14)12(16)15(2)7-9-6-10(13)4-5-11(9)17-3/h4-6,8H,7H2,1-3H3. The van der Waals surface area contributed by atoms with Crippen LogP contribution in [0.4, 0.5) is 0 Å². The molecule has 0 bridgehead atoms. The number of methoxy groups -OCH3 is 1. The molecule has 0 fully saturated rings. The highest BCUT2D eigenvalue weighted by molar-refractivity contribution is 9.10. The van der Waals surface area contributed by atoms with E-state index in [9.17, 15) is 4.79 Å². The van der Waals surface area contributed by atoms with Crippen molar-refractivity contribution in [1.82, 2.24) is 4.90 Å². The van der Waals surface area contributed by atoms with Gasteiger partial charge in [0.15, 0.2) is 0 Å². The van der Waals surface area contributed by atoms with E-state index in [0.29, 0.717) is 6.54 Å². The van der Waals surface area contributed by atoms with Gasteiger partial charge in [-0.15, -0.1) is 11.6 Å². The van der Waals surface area contributed by atoms with E-state index < -0.39 is 5.38 Å². The summed E-state index contributed by atoms with van der Waals surface area (Å²) in [5.74, 6) is 0.656. The van der Waals surface area contributed by atoms with Crippen LogP contribution < -0.4 is 4.74 Å². The fourth-order valence-corrected chi connectivity index (χ4v) is 2.08. The SMILES string of the molecule is COc1ccc(Br)cc1CN(C)C(=O)C(C)Cl. The van der Waals surface area contributed by atoms with Crippen molar-refractivity contribution in [2.75, 3.05) is 14.2 Å². The molecule has 94 valence electrons. The zero-order chi connectivity index (χ0) is 13.0. The lowest BCUT2D eigenvalue weighted by molar-refractivity contribution is -0.129. The number of ether oxygens (including phenoxy) is 1. The minimum Gasteiger partial charge on any atom is -0.496 e. The Morgan fingerprint density at radius 1 is 1.59 bits per heavy atom. The van der Waals surface area contributed by atoms with Gasteiger partial charge in [0.25, 0.3) is 0 Å². The quantitative estimate of drug-likeness (QED) is 0.798. The van der Waals surface area contributed by atoms with Gasteiger partial charge < -0.3 is 9.64 Å². The summed E-state index contributed by atoms with van der Waals surface area (Å²) < 4.78 is 6.20. The van der Waals surface area contributed by atoms with E-state index in [2.05, 4.69) is 15.9 Å². The predicted octanol–water partition coefficient (Wildman–Crippen LogP) is 3.04. The topological polar surface area (TPSA) is 29.5 Å². The lowest BCUT2D eigenvalue weighted by Crippen LogP contribution is -2.31. The number of hydrogen-bond acceptors (Lipinski definition) is 2. The zero-order valence-electron chi connectivity index (χ0n) is 10.0. The maximum Gasteiger partial charge on any atom is 0.240 e. The number of nitrogens with zero attached hydrogens (tertiary/aromatic N) is 1. The molecule has 0 saturated heterocycles. The van der Waals surface area contributed by atoms with E-state index in [4.69, 9.17) is 16.3 Å². The normalized spacial score (nSPS) is 12.1. The van der Waals surface area contributed by atoms with Gasteiger partial charge in [-0.2, -0.15) is 0 Å². The Kier molecular flexibility index (Phi) is 5.28. The molecule has 0 saturated carbocycles. The highest BCUT2D eigenvalue weighted by Crippen LogP contribution is 2.24. The first-order valence-electron chi connectivity index (χ1n) is 5.17. The molecule has 0 N–H and O–H groups in total. The Morgan fingerprint density at radius 3 is 2.76 bits per heavy atom. The van der Waals surface area contributed by atoms with Crippen molar-refractivity contribution in [2.45, 2.75) is 18.8 Å². The molecule has 1 amide bonds. The molecule has 1 aromatic carbocycles. The van der Waals surface area contributed by atoms with Gasteiger partial charge in [-0.25, -0.2) is 0 Å². The Morgan fingerprint density at radius 2 is 2.24 bits per heavy atom. The Hall–Kier alpha value is -0.740. The van der Waals surface area contributed by atoms with Crippen LogP contribution in [-0.4, -0.2) is 30.3 Å². The van der Waals surface area contributed by atoms with Gasteiger partial charge in [-0.3, -0.25) is 4.79 Å². The predicted molar refractivity (Wildman–Crippen MR) is 72.5 cm³/mol. The molecule has 0 aliphatic rings. The Bertz CT molecular complexity index is 409. The van der Waals surface area contributed by atoms with Crippen molar-refractivity contribution < 1.29 is 9.53 Å². The van der Waals surface area contributed by atoms with E-state index in [-0.39, 0.29) is 5.91 Å². The van der Waals surface area contributed by atoms with E-state index in [1.807, 2.05) is 18.2 Å². The third-order valence-electron chi connectivity index (χ3n) is 2.37. The van der Waals surface area contributed by atoms with E-state index in [1.54, 1.807) is 26.0 Å². The second-order valence-corrected chi connectivity index (χ2v) is 5.34. The molecular formula is C12H15BrClNO2. The molecule has 3 nitrogen and oxygen atoms in total. The molecule has 0 heterocycles. The maximum atomic E-state index is 11.7. The first-order valence-corrected chi connectivity index (χ1v) is 6.40. The van der Waals surface area contributed by atoms with Crippen molar-refractivity contribution >= 4 is 33.4 Å². The molecule has 0 aliphatic carbocycles. The van der Waals surface area contributed by atoms with Gasteiger partial charge >= 0.3 is 0 Å². The van der Waals surface area contributed by atoms with Crippen LogP contribution in [0.15, 0.2) is 22.7 Å². The van der Waals surface area contributed by atoms with Gasteiger partial charge in [-0.1, -0.05) is 15.9 Å². The number of carbonyl (C=O) groups is 1. The van der Waals surface area contributed by atoms with E-state index in [1.165, 1.54) is 0 Å². The van der Waals surface area contributed by atoms with Crippen LogP contribution >= 0.6 is 27.5 Å². The molecule has 0 radical (unpaired) electrons. The molecule has 17 heavy (non-hydrogen) atoms. The first kappa shape index (κ1) is 14.3. The van der Waals surface area contributed by atoms with Gasteiger partial charge in [-0.05, 0) is 25.1 Å². The summed E-state index contributed by atoms with van der Waals surface area (Å²) in [6.07, 6.45) is 0. The van der Waals surface area contributed by atoms with Gasteiger partial charge in [0.05, 0.1) is 7.11 Å². The van der Waals surface area contributed by atoms with Gasteiger partial charge in [0.1, 0.15) is 11.1 Å². The number of hydrogen-bond donors (Lipinski definition) is 0. The number of rotatable bonds is 4. The molecule has 1 unspecified atom stereocenters. The third-order valence-corrected chi connectivity index (χ3v) is 3.05. The van der Waals surface area contributed by atoms with E-state index >= 15 is 0 Å². The first-order chi connectivity index (χ1) is 7.95. The molecule has 5 heteroatoms. The summed E-state index contributed by atoms with van der Waals surface area (Å²) in [5.41, 5.74) is 0.940. The monoisotopic (exact) mass is 319 g/mol. The van der Waals surface area contributed by atoms with Crippen LogP contribution in [0.1, 0.15) is 12.5 Å². The van der Waals surface area contributed by atoms with Gasteiger partial charge in [0.2, 0.25) is 5.91 Å². The van der Waals surface area contributed by atoms with Crippen LogP contribution in [0.3, 0.4) is 0 Å². The van der Waals surface area contributed by atoms with Crippen molar-refractivity contribution in [1.29, 1.82) is 0 Å². The summed E-state index contributed by atoms with van der Waals surface area (Å²) >= 11 is 9.16. The smallest absolute Gasteiger partial charge is 0.240 e. The molecule has 0 aliphatic heterocycles. The molecule has 1 aromatic rings. The minimum atomic E-state index is -0.516. The largest absolute Gasteiger partial charge is 0.496 e. The van der Waals surface area contributed by atoms with Crippen LogP contribution in [-0.2, 0) is 11.3 Å². The average Bonchev–Trinajstić information content (AvgIpc) is 2.28. The molecule has 0 aromatic heterocycles. The van der Waals surface area contributed by atoms with Crippen LogP contribution in [0.2, 0.25) is 0 Å². The van der Waals surface area contributed by atoms with Crippen molar-refractivity contribution in [3.63, 3.8) is 0 Å².